The Balaban J connectivity index is 0.00000289. The summed E-state index contributed by atoms with van der Waals surface area (Å²) in [4.78, 5) is 4.17. The van der Waals surface area contributed by atoms with Crippen LogP contribution < -0.4 is 10.6 Å². The van der Waals surface area contributed by atoms with Crippen molar-refractivity contribution in [3.63, 3.8) is 0 Å². The van der Waals surface area contributed by atoms with Crippen molar-refractivity contribution in [3.05, 3.63) is 18.0 Å². The predicted molar refractivity (Wildman–Crippen MR) is 86.5 cm³/mol. The molecule has 0 bridgehead atoms. The van der Waals surface area contributed by atoms with Crippen LogP contribution in [0.1, 0.15) is 19.4 Å². The molecule has 0 saturated carbocycles. The highest BCUT2D eigenvalue weighted by Crippen LogP contribution is 1.95. The molecule has 5 nitrogen and oxygen atoms in total. The summed E-state index contributed by atoms with van der Waals surface area (Å²) >= 11 is 0. The van der Waals surface area contributed by atoms with Crippen molar-refractivity contribution in [2.45, 2.75) is 20.3 Å². The number of guanidine groups is 1. The SMILES string of the molecule is CN=C(NCCc1cnn(C)c1)NCC(C)C.I. The minimum Gasteiger partial charge on any atom is -0.356 e. The zero-order valence-electron chi connectivity index (χ0n) is 11.6. The van der Waals surface area contributed by atoms with E-state index in [0.717, 1.165) is 25.5 Å². The number of aromatic nitrogens is 2. The second-order valence-electron chi connectivity index (χ2n) is 4.55. The van der Waals surface area contributed by atoms with E-state index in [9.17, 15) is 0 Å². The highest BCUT2D eigenvalue weighted by Gasteiger charge is 2.00. The molecule has 0 atom stereocenters. The lowest BCUT2D eigenvalue weighted by Crippen LogP contribution is -2.39. The Morgan fingerprint density at radius 2 is 2.17 bits per heavy atom. The molecule has 1 heterocycles. The Morgan fingerprint density at radius 1 is 1.44 bits per heavy atom. The summed E-state index contributed by atoms with van der Waals surface area (Å²) in [7, 11) is 3.72. The molecule has 0 aliphatic rings. The Bertz CT molecular complexity index is 359. The molecule has 0 radical (unpaired) electrons. The molecule has 1 aromatic heterocycles. The number of halogens is 1. The van der Waals surface area contributed by atoms with E-state index < -0.39 is 0 Å². The smallest absolute Gasteiger partial charge is 0.190 e. The van der Waals surface area contributed by atoms with E-state index in [1.165, 1.54) is 5.56 Å². The highest BCUT2D eigenvalue weighted by molar-refractivity contribution is 14.0. The topological polar surface area (TPSA) is 54.2 Å². The molecule has 0 aliphatic heterocycles. The molecule has 104 valence electrons. The molecule has 0 amide bonds. The van der Waals surface area contributed by atoms with E-state index in [4.69, 9.17) is 0 Å². The molecular formula is C12H24IN5. The van der Waals surface area contributed by atoms with Gasteiger partial charge in [0.05, 0.1) is 6.20 Å². The van der Waals surface area contributed by atoms with Gasteiger partial charge in [0.25, 0.3) is 0 Å². The molecule has 0 spiro atoms. The van der Waals surface area contributed by atoms with Gasteiger partial charge in [-0.2, -0.15) is 5.10 Å². The third-order valence-corrected chi connectivity index (χ3v) is 2.37. The van der Waals surface area contributed by atoms with Crippen molar-refractivity contribution in [1.82, 2.24) is 20.4 Å². The number of aliphatic imine (C=N–C) groups is 1. The molecule has 1 rings (SSSR count). The first-order valence-electron chi connectivity index (χ1n) is 6.04. The number of rotatable bonds is 5. The van der Waals surface area contributed by atoms with Gasteiger partial charge in [-0.15, -0.1) is 24.0 Å². The summed E-state index contributed by atoms with van der Waals surface area (Å²) in [6.45, 7) is 6.15. The zero-order valence-corrected chi connectivity index (χ0v) is 13.9. The fraction of sp³-hybridized carbons (Fsp3) is 0.667. The van der Waals surface area contributed by atoms with Crippen molar-refractivity contribution < 1.29 is 0 Å². The minimum absolute atomic E-state index is 0. The lowest BCUT2D eigenvalue weighted by Gasteiger charge is -2.12. The van der Waals surface area contributed by atoms with Gasteiger partial charge < -0.3 is 10.6 Å². The maximum atomic E-state index is 4.17. The van der Waals surface area contributed by atoms with Crippen molar-refractivity contribution in [3.8, 4) is 0 Å². The first-order chi connectivity index (χ1) is 8.11. The van der Waals surface area contributed by atoms with Crippen LogP contribution in [0.2, 0.25) is 0 Å². The van der Waals surface area contributed by atoms with Crippen LogP contribution in [0.15, 0.2) is 17.4 Å². The quantitative estimate of drug-likeness (QED) is 0.471. The molecular weight excluding hydrogens is 341 g/mol. The summed E-state index contributed by atoms with van der Waals surface area (Å²) in [5.74, 6) is 1.48. The van der Waals surface area contributed by atoms with Crippen molar-refractivity contribution >= 4 is 29.9 Å². The molecule has 0 fully saturated rings. The van der Waals surface area contributed by atoms with Crippen LogP contribution >= 0.6 is 24.0 Å². The number of aryl methyl sites for hydroxylation is 1. The Labute approximate surface area is 126 Å². The molecule has 1 aromatic rings. The Hall–Kier alpha value is -0.790. The van der Waals surface area contributed by atoms with Gasteiger partial charge in [-0.25, -0.2) is 0 Å². The molecule has 0 unspecified atom stereocenters. The van der Waals surface area contributed by atoms with Gasteiger partial charge in [-0.3, -0.25) is 9.67 Å². The van der Waals surface area contributed by atoms with Crippen LogP contribution in [0.5, 0.6) is 0 Å². The predicted octanol–water partition coefficient (Wildman–Crippen LogP) is 1.40. The Morgan fingerprint density at radius 3 is 2.67 bits per heavy atom. The number of nitrogens with one attached hydrogen (secondary N) is 2. The second-order valence-corrected chi connectivity index (χ2v) is 4.55. The molecule has 0 saturated heterocycles. The zero-order chi connectivity index (χ0) is 12.7. The molecule has 6 heteroatoms. The minimum atomic E-state index is 0. The van der Waals surface area contributed by atoms with Crippen molar-refractivity contribution in [1.29, 1.82) is 0 Å². The van der Waals surface area contributed by atoms with Crippen LogP contribution in [-0.4, -0.2) is 35.9 Å². The molecule has 2 N–H and O–H groups in total. The molecule has 0 aliphatic carbocycles. The summed E-state index contributed by atoms with van der Waals surface area (Å²) < 4.78 is 1.82. The standard InChI is InChI=1S/C12H23N5.HI/c1-10(2)7-15-12(13-3)14-6-5-11-8-16-17(4)9-11;/h8-10H,5-7H2,1-4H3,(H2,13,14,15);1H. The average molecular weight is 365 g/mol. The van der Waals surface area contributed by atoms with Crippen LogP contribution in [0.25, 0.3) is 0 Å². The first kappa shape index (κ1) is 17.2. The van der Waals surface area contributed by atoms with Gasteiger partial charge in [0.1, 0.15) is 0 Å². The van der Waals surface area contributed by atoms with Crippen LogP contribution in [0, 0.1) is 5.92 Å². The van der Waals surface area contributed by atoms with Crippen molar-refractivity contribution in [2.75, 3.05) is 20.1 Å². The van der Waals surface area contributed by atoms with Gasteiger partial charge in [-0.1, -0.05) is 13.8 Å². The largest absolute Gasteiger partial charge is 0.356 e. The van der Waals surface area contributed by atoms with Gasteiger partial charge in [0.2, 0.25) is 0 Å². The van der Waals surface area contributed by atoms with E-state index >= 15 is 0 Å². The van der Waals surface area contributed by atoms with E-state index in [1.807, 2.05) is 24.1 Å². The molecule has 0 aromatic carbocycles. The van der Waals surface area contributed by atoms with Crippen LogP contribution in [-0.2, 0) is 13.5 Å². The lowest BCUT2D eigenvalue weighted by molar-refractivity contribution is 0.614. The van der Waals surface area contributed by atoms with Gasteiger partial charge in [0.15, 0.2) is 5.96 Å². The maximum Gasteiger partial charge on any atom is 0.190 e. The summed E-state index contributed by atoms with van der Waals surface area (Å²) in [6.07, 6.45) is 4.88. The third kappa shape index (κ3) is 6.83. The third-order valence-electron chi connectivity index (χ3n) is 2.37. The number of hydrogen-bond acceptors (Lipinski definition) is 2. The van der Waals surface area contributed by atoms with E-state index in [-0.39, 0.29) is 24.0 Å². The van der Waals surface area contributed by atoms with E-state index in [0.29, 0.717) is 5.92 Å². The van der Waals surface area contributed by atoms with Crippen molar-refractivity contribution in [2.24, 2.45) is 18.0 Å². The number of hydrogen-bond donors (Lipinski definition) is 2. The fourth-order valence-corrected chi connectivity index (χ4v) is 1.45. The maximum absolute atomic E-state index is 4.17. The fourth-order valence-electron chi connectivity index (χ4n) is 1.45. The van der Waals surface area contributed by atoms with Gasteiger partial charge in [0, 0.05) is 33.4 Å². The second kappa shape index (κ2) is 9.18. The highest BCUT2D eigenvalue weighted by atomic mass is 127. The lowest BCUT2D eigenvalue weighted by atomic mass is 10.2. The summed E-state index contributed by atoms with van der Waals surface area (Å²) in [5, 5.41) is 10.7. The van der Waals surface area contributed by atoms with Gasteiger partial charge in [-0.05, 0) is 17.9 Å². The Kier molecular flexibility index (Phi) is 8.78. The number of nitrogens with zero attached hydrogens (tertiary/aromatic N) is 3. The summed E-state index contributed by atoms with van der Waals surface area (Å²) in [6, 6.07) is 0. The van der Waals surface area contributed by atoms with Crippen LogP contribution in [0.3, 0.4) is 0 Å². The summed E-state index contributed by atoms with van der Waals surface area (Å²) in [5.41, 5.74) is 1.24. The van der Waals surface area contributed by atoms with E-state index in [1.54, 1.807) is 7.05 Å². The monoisotopic (exact) mass is 365 g/mol. The van der Waals surface area contributed by atoms with Gasteiger partial charge >= 0.3 is 0 Å². The van der Waals surface area contributed by atoms with E-state index in [2.05, 4.69) is 34.6 Å². The molecule has 18 heavy (non-hydrogen) atoms. The van der Waals surface area contributed by atoms with Crippen LogP contribution in [0.4, 0.5) is 0 Å². The first-order valence-corrected chi connectivity index (χ1v) is 6.04. The average Bonchev–Trinajstić information content (AvgIpc) is 2.69. The normalized spacial score (nSPS) is 11.3.